The van der Waals surface area contributed by atoms with Crippen molar-refractivity contribution in [1.29, 1.82) is 0 Å². The SMILES string of the molecule is C[C@@H]1CN(C(=O)CC(=O)N(C)C)CCN1. The van der Waals surface area contributed by atoms with Gasteiger partial charge in [0.2, 0.25) is 11.8 Å². The number of carbonyl (C=O) groups is 2. The van der Waals surface area contributed by atoms with Crippen molar-refractivity contribution in [3.63, 3.8) is 0 Å². The predicted molar refractivity (Wildman–Crippen MR) is 57.4 cm³/mol. The molecule has 1 saturated heterocycles. The Balaban J connectivity index is 2.42. The van der Waals surface area contributed by atoms with Crippen molar-refractivity contribution in [2.24, 2.45) is 0 Å². The monoisotopic (exact) mass is 213 g/mol. The lowest BCUT2D eigenvalue weighted by atomic mass is 10.2. The molecule has 2 amide bonds. The molecule has 0 aromatic heterocycles. The van der Waals surface area contributed by atoms with Crippen molar-refractivity contribution in [3.8, 4) is 0 Å². The van der Waals surface area contributed by atoms with Crippen molar-refractivity contribution >= 4 is 11.8 Å². The van der Waals surface area contributed by atoms with Gasteiger partial charge >= 0.3 is 0 Å². The number of rotatable bonds is 2. The average molecular weight is 213 g/mol. The molecule has 0 bridgehead atoms. The van der Waals surface area contributed by atoms with Crippen LogP contribution < -0.4 is 5.32 Å². The highest BCUT2D eigenvalue weighted by Crippen LogP contribution is 2.02. The summed E-state index contributed by atoms with van der Waals surface area (Å²) < 4.78 is 0. The molecule has 1 aliphatic rings. The second kappa shape index (κ2) is 5.11. The minimum atomic E-state index is -0.133. The number of hydrogen-bond donors (Lipinski definition) is 1. The standard InChI is InChI=1S/C10H19N3O2/c1-8-7-13(5-4-11-8)10(15)6-9(14)12(2)3/h8,11H,4-7H2,1-3H3/t8-/m1/s1. The van der Waals surface area contributed by atoms with Gasteiger partial charge in [0.25, 0.3) is 0 Å². The quantitative estimate of drug-likeness (QED) is 0.616. The summed E-state index contributed by atoms with van der Waals surface area (Å²) in [5.74, 6) is -0.201. The maximum atomic E-state index is 11.7. The first-order chi connectivity index (χ1) is 7.00. The van der Waals surface area contributed by atoms with Gasteiger partial charge in [0, 0.05) is 39.8 Å². The third kappa shape index (κ3) is 3.51. The number of piperazine rings is 1. The highest BCUT2D eigenvalue weighted by atomic mass is 16.2. The molecule has 0 unspecified atom stereocenters. The first kappa shape index (κ1) is 12.0. The predicted octanol–water partition coefficient (Wildman–Crippen LogP) is -0.715. The lowest BCUT2D eigenvalue weighted by molar-refractivity contribution is -0.140. The molecule has 0 aromatic rings. The van der Waals surface area contributed by atoms with Crippen molar-refractivity contribution in [2.45, 2.75) is 19.4 Å². The van der Waals surface area contributed by atoms with Crippen LogP contribution in [0.5, 0.6) is 0 Å². The molecule has 1 atom stereocenters. The van der Waals surface area contributed by atoms with E-state index in [1.54, 1.807) is 19.0 Å². The van der Waals surface area contributed by atoms with Crippen LogP contribution in [0, 0.1) is 0 Å². The third-order valence-corrected chi connectivity index (χ3v) is 2.52. The summed E-state index contributed by atoms with van der Waals surface area (Å²) in [7, 11) is 3.33. The summed E-state index contributed by atoms with van der Waals surface area (Å²) in [4.78, 5) is 26.2. The van der Waals surface area contributed by atoms with Gasteiger partial charge in [-0.3, -0.25) is 9.59 Å². The Labute approximate surface area is 90.4 Å². The van der Waals surface area contributed by atoms with Gasteiger partial charge in [-0.15, -0.1) is 0 Å². The number of amides is 2. The molecule has 1 fully saturated rings. The largest absolute Gasteiger partial charge is 0.348 e. The van der Waals surface area contributed by atoms with Gasteiger partial charge in [0.1, 0.15) is 6.42 Å². The van der Waals surface area contributed by atoms with E-state index < -0.39 is 0 Å². The highest BCUT2D eigenvalue weighted by Gasteiger charge is 2.22. The second-order valence-corrected chi connectivity index (χ2v) is 4.16. The topological polar surface area (TPSA) is 52.7 Å². The van der Waals surface area contributed by atoms with Gasteiger partial charge in [0.05, 0.1) is 0 Å². The minimum Gasteiger partial charge on any atom is -0.348 e. The maximum absolute atomic E-state index is 11.7. The summed E-state index contributed by atoms with van der Waals surface area (Å²) >= 11 is 0. The summed E-state index contributed by atoms with van der Waals surface area (Å²) in [6.45, 7) is 4.24. The molecule has 0 aliphatic carbocycles. The molecule has 0 radical (unpaired) electrons. The van der Waals surface area contributed by atoms with Crippen LogP contribution in [0.2, 0.25) is 0 Å². The first-order valence-electron chi connectivity index (χ1n) is 5.22. The van der Waals surface area contributed by atoms with Gasteiger partial charge in [-0.1, -0.05) is 0 Å². The summed E-state index contributed by atoms with van der Waals surface area (Å²) in [5.41, 5.74) is 0. The zero-order valence-electron chi connectivity index (χ0n) is 9.62. The zero-order valence-corrected chi connectivity index (χ0v) is 9.62. The van der Waals surface area contributed by atoms with Crippen LogP contribution in [0.1, 0.15) is 13.3 Å². The van der Waals surface area contributed by atoms with Crippen LogP contribution in [-0.4, -0.2) is 61.4 Å². The average Bonchev–Trinajstić information content (AvgIpc) is 2.17. The van der Waals surface area contributed by atoms with Gasteiger partial charge in [-0.2, -0.15) is 0 Å². The van der Waals surface area contributed by atoms with Crippen molar-refractivity contribution in [1.82, 2.24) is 15.1 Å². The van der Waals surface area contributed by atoms with E-state index in [1.165, 1.54) is 4.90 Å². The second-order valence-electron chi connectivity index (χ2n) is 4.16. The molecule has 1 rings (SSSR count). The van der Waals surface area contributed by atoms with Crippen LogP contribution in [0.4, 0.5) is 0 Å². The van der Waals surface area contributed by atoms with E-state index in [4.69, 9.17) is 0 Å². The fourth-order valence-corrected chi connectivity index (χ4v) is 1.56. The maximum Gasteiger partial charge on any atom is 0.232 e. The number of carbonyl (C=O) groups excluding carboxylic acids is 2. The Morgan fingerprint density at radius 2 is 2.13 bits per heavy atom. The molecule has 0 spiro atoms. The van der Waals surface area contributed by atoms with Crippen LogP contribution >= 0.6 is 0 Å². The molecule has 86 valence electrons. The van der Waals surface area contributed by atoms with E-state index >= 15 is 0 Å². The fraction of sp³-hybridized carbons (Fsp3) is 0.800. The zero-order chi connectivity index (χ0) is 11.4. The molecular weight excluding hydrogens is 194 g/mol. The Morgan fingerprint density at radius 3 is 2.67 bits per heavy atom. The van der Waals surface area contributed by atoms with E-state index in [-0.39, 0.29) is 18.2 Å². The lowest BCUT2D eigenvalue weighted by Crippen LogP contribution is -2.52. The van der Waals surface area contributed by atoms with E-state index in [9.17, 15) is 9.59 Å². The van der Waals surface area contributed by atoms with Gasteiger partial charge in [-0.25, -0.2) is 0 Å². The molecule has 5 nitrogen and oxygen atoms in total. The minimum absolute atomic E-state index is 0.0142. The third-order valence-electron chi connectivity index (χ3n) is 2.52. The van der Waals surface area contributed by atoms with Crippen LogP contribution in [-0.2, 0) is 9.59 Å². The van der Waals surface area contributed by atoms with Crippen molar-refractivity contribution in [3.05, 3.63) is 0 Å². The Morgan fingerprint density at radius 1 is 1.47 bits per heavy atom. The van der Waals surface area contributed by atoms with E-state index in [0.717, 1.165) is 6.54 Å². The van der Waals surface area contributed by atoms with Crippen LogP contribution in [0.15, 0.2) is 0 Å². The van der Waals surface area contributed by atoms with Crippen LogP contribution in [0.25, 0.3) is 0 Å². The fourth-order valence-electron chi connectivity index (χ4n) is 1.56. The van der Waals surface area contributed by atoms with Crippen molar-refractivity contribution < 1.29 is 9.59 Å². The molecular formula is C10H19N3O2. The first-order valence-corrected chi connectivity index (χ1v) is 5.22. The molecule has 0 saturated carbocycles. The van der Waals surface area contributed by atoms with E-state index in [0.29, 0.717) is 19.1 Å². The Kier molecular flexibility index (Phi) is 4.08. The van der Waals surface area contributed by atoms with Gasteiger partial charge < -0.3 is 15.1 Å². The van der Waals surface area contributed by atoms with E-state index in [1.807, 2.05) is 6.92 Å². The number of nitrogens with zero attached hydrogens (tertiary/aromatic N) is 2. The van der Waals surface area contributed by atoms with Crippen molar-refractivity contribution in [2.75, 3.05) is 33.7 Å². The molecule has 1 N–H and O–H groups in total. The summed E-state index contributed by atoms with van der Waals surface area (Å²) in [5, 5.41) is 3.25. The molecule has 1 aliphatic heterocycles. The number of nitrogens with one attached hydrogen (secondary N) is 1. The lowest BCUT2D eigenvalue weighted by Gasteiger charge is -2.32. The highest BCUT2D eigenvalue weighted by molar-refractivity contribution is 5.96. The smallest absolute Gasteiger partial charge is 0.232 e. The Bertz CT molecular complexity index is 253. The van der Waals surface area contributed by atoms with Gasteiger partial charge in [0.15, 0.2) is 0 Å². The normalized spacial score (nSPS) is 21.3. The van der Waals surface area contributed by atoms with Crippen LogP contribution in [0.3, 0.4) is 0 Å². The van der Waals surface area contributed by atoms with E-state index in [2.05, 4.69) is 5.32 Å². The molecule has 0 aromatic carbocycles. The Hall–Kier alpha value is -1.10. The van der Waals surface area contributed by atoms with Gasteiger partial charge in [-0.05, 0) is 6.92 Å². The summed E-state index contributed by atoms with van der Waals surface area (Å²) in [6, 6.07) is 0.317. The molecule has 1 heterocycles. The molecule has 15 heavy (non-hydrogen) atoms. The number of hydrogen-bond acceptors (Lipinski definition) is 3. The molecule has 5 heteroatoms. The summed E-state index contributed by atoms with van der Waals surface area (Å²) in [6.07, 6.45) is -0.0142.